The van der Waals surface area contributed by atoms with Gasteiger partial charge in [0.15, 0.2) is 0 Å². The van der Waals surface area contributed by atoms with Gasteiger partial charge in [-0.25, -0.2) is 0 Å². The SMILES string of the molecule is c1cc(-c2cccc(-c3cccc4c3sc3ccccc34)c2)cc(-c2cc3ccccc3c3ccccc23)c1. The minimum atomic E-state index is 1.23. The second-order valence-electron chi connectivity index (χ2n) is 10.1. The Morgan fingerprint density at radius 3 is 1.69 bits per heavy atom. The third kappa shape index (κ3) is 3.66. The maximum Gasteiger partial charge on any atom is 0.0433 e. The third-order valence-electron chi connectivity index (χ3n) is 7.85. The van der Waals surface area contributed by atoms with Crippen LogP contribution in [0.4, 0.5) is 0 Å². The van der Waals surface area contributed by atoms with Crippen LogP contribution in [0.3, 0.4) is 0 Å². The third-order valence-corrected chi connectivity index (χ3v) is 9.07. The molecule has 0 unspecified atom stereocenters. The molecular formula is C38H24S. The van der Waals surface area contributed by atoms with Crippen LogP contribution in [0.2, 0.25) is 0 Å². The fourth-order valence-electron chi connectivity index (χ4n) is 6.00. The van der Waals surface area contributed by atoms with Crippen LogP contribution < -0.4 is 0 Å². The van der Waals surface area contributed by atoms with Gasteiger partial charge in [-0.3, -0.25) is 0 Å². The number of hydrogen-bond donors (Lipinski definition) is 0. The summed E-state index contributed by atoms with van der Waals surface area (Å²) >= 11 is 1.89. The van der Waals surface area contributed by atoms with E-state index in [-0.39, 0.29) is 0 Å². The van der Waals surface area contributed by atoms with Gasteiger partial charge in [-0.2, -0.15) is 0 Å². The summed E-state index contributed by atoms with van der Waals surface area (Å²) in [6, 6.07) is 53.2. The largest absolute Gasteiger partial charge is 0.135 e. The molecule has 1 aromatic heterocycles. The molecule has 8 rings (SSSR count). The van der Waals surface area contributed by atoms with Crippen molar-refractivity contribution in [2.45, 2.75) is 0 Å². The van der Waals surface area contributed by atoms with E-state index in [0.29, 0.717) is 0 Å². The van der Waals surface area contributed by atoms with Crippen LogP contribution in [0.5, 0.6) is 0 Å². The molecule has 0 aliphatic carbocycles. The number of hydrogen-bond acceptors (Lipinski definition) is 1. The Balaban J connectivity index is 1.27. The monoisotopic (exact) mass is 512 g/mol. The lowest BCUT2D eigenvalue weighted by Crippen LogP contribution is -1.86. The summed E-state index contributed by atoms with van der Waals surface area (Å²) in [5.74, 6) is 0. The predicted molar refractivity (Wildman–Crippen MR) is 171 cm³/mol. The molecular weight excluding hydrogens is 488 g/mol. The van der Waals surface area contributed by atoms with Crippen molar-refractivity contribution in [2.75, 3.05) is 0 Å². The van der Waals surface area contributed by atoms with Gasteiger partial charge >= 0.3 is 0 Å². The molecule has 39 heavy (non-hydrogen) atoms. The minimum Gasteiger partial charge on any atom is -0.135 e. The molecule has 0 bridgehead atoms. The van der Waals surface area contributed by atoms with Gasteiger partial charge in [-0.15, -0.1) is 11.3 Å². The van der Waals surface area contributed by atoms with Crippen molar-refractivity contribution < 1.29 is 0 Å². The quantitative estimate of drug-likeness (QED) is 0.207. The fraction of sp³-hybridized carbons (Fsp3) is 0. The summed E-state index contributed by atoms with van der Waals surface area (Å²) in [6.07, 6.45) is 0. The molecule has 0 saturated heterocycles. The first-order valence-corrected chi connectivity index (χ1v) is 14.2. The molecule has 0 aliphatic rings. The summed E-state index contributed by atoms with van der Waals surface area (Å²) in [5, 5.41) is 7.84. The van der Waals surface area contributed by atoms with E-state index in [0.717, 1.165) is 0 Å². The van der Waals surface area contributed by atoms with Crippen molar-refractivity contribution >= 4 is 53.1 Å². The van der Waals surface area contributed by atoms with Crippen LogP contribution in [0, 0.1) is 0 Å². The van der Waals surface area contributed by atoms with E-state index < -0.39 is 0 Å². The lowest BCUT2D eigenvalue weighted by Gasteiger charge is -2.13. The van der Waals surface area contributed by atoms with Crippen LogP contribution in [0.25, 0.3) is 75.1 Å². The van der Waals surface area contributed by atoms with Gasteiger partial charge in [-0.05, 0) is 79.2 Å². The summed E-state index contributed by atoms with van der Waals surface area (Å²) in [5.41, 5.74) is 7.54. The van der Waals surface area contributed by atoms with Crippen LogP contribution >= 0.6 is 11.3 Å². The molecule has 0 amide bonds. The molecule has 0 fully saturated rings. The molecule has 0 atom stereocenters. The molecule has 7 aromatic carbocycles. The van der Waals surface area contributed by atoms with Gasteiger partial charge in [0.2, 0.25) is 0 Å². The van der Waals surface area contributed by atoms with Crippen LogP contribution in [-0.2, 0) is 0 Å². The maximum absolute atomic E-state index is 2.34. The highest BCUT2D eigenvalue weighted by atomic mass is 32.1. The van der Waals surface area contributed by atoms with Crippen LogP contribution in [-0.4, -0.2) is 0 Å². The molecule has 8 aromatic rings. The van der Waals surface area contributed by atoms with E-state index in [9.17, 15) is 0 Å². The van der Waals surface area contributed by atoms with E-state index in [4.69, 9.17) is 0 Å². The minimum absolute atomic E-state index is 1.23. The van der Waals surface area contributed by atoms with Gasteiger partial charge in [-0.1, -0.05) is 121 Å². The van der Waals surface area contributed by atoms with E-state index in [1.165, 1.54) is 75.1 Å². The highest BCUT2D eigenvalue weighted by Crippen LogP contribution is 2.41. The number of benzene rings is 7. The van der Waals surface area contributed by atoms with E-state index in [2.05, 4.69) is 146 Å². The Kier molecular flexibility index (Phi) is 5.11. The zero-order valence-electron chi connectivity index (χ0n) is 21.3. The average Bonchev–Trinajstić information content (AvgIpc) is 3.40. The van der Waals surface area contributed by atoms with Crippen molar-refractivity contribution in [3.63, 3.8) is 0 Å². The molecule has 1 heteroatoms. The second kappa shape index (κ2) is 8.94. The molecule has 0 spiro atoms. The summed E-state index contributed by atoms with van der Waals surface area (Å²) in [6.45, 7) is 0. The number of rotatable bonds is 3. The lowest BCUT2D eigenvalue weighted by atomic mass is 9.91. The molecule has 0 aliphatic heterocycles. The van der Waals surface area contributed by atoms with Crippen molar-refractivity contribution in [2.24, 2.45) is 0 Å². The smallest absolute Gasteiger partial charge is 0.0433 e. The molecule has 182 valence electrons. The number of thiophene rings is 1. The van der Waals surface area contributed by atoms with Crippen molar-refractivity contribution in [3.05, 3.63) is 146 Å². The molecule has 1 heterocycles. The average molecular weight is 513 g/mol. The van der Waals surface area contributed by atoms with E-state index in [1.54, 1.807) is 0 Å². The summed E-state index contributed by atoms with van der Waals surface area (Å²) in [7, 11) is 0. The Morgan fingerprint density at radius 1 is 0.333 bits per heavy atom. The zero-order valence-corrected chi connectivity index (χ0v) is 22.1. The first kappa shape index (κ1) is 22.3. The standard InChI is InChI=1S/C38H24S/c1-2-15-30-29(10-1)24-36(33-17-4-3-16-32(30)33)28-14-8-12-26(23-28)25-11-7-13-27(22-25)31-19-9-20-35-34-18-5-6-21-37(34)39-38(31)35/h1-24H. The lowest BCUT2D eigenvalue weighted by molar-refractivity contribution is 1.60. The van der Waals surface area contributed by atoms with Crippen molar-refractivity contribution in [3.8, 4) is 33.4 Å². The van der Waals surface area contributed by atoms with Crippen LogP contribution in [0.1, 0.15) is 0 Å². The van der Waals surface area contributed by atoms with Crippen molar-refractivity contribution in [1.82, 2.24) is 0 Å². The highest BCUT2D eigenvalue weighted by Gasteiger charge is 2.12. The fourth-order valence-corrected chi connectivity index (χ4v) is 7.24. The second-order valence-corrected chi connectivity index (χ2v) is 11.2. The van der Waals surface area contributed by atoms with E-state index in [1.807, 2.05) is 11.3 Å². The van der Waals surface area contributed by atoms with Crippen molar-refractivity contribution in [1.29, 1.82) is 0 Å². The highest BCUT2D eigenvalue weighted by molar-refractivity contribution is 7.26. The Bertz CT molecular complexity index is 2180. The van der Waals surface area contributed by atoms with E-state index >= 15 is 0 Å². The van der Waals surface area contributed by atoms with Crippen LogP contribution in [0.15, 0.2) is 146 Å². The maximum atomic E-state index is 2.34. The molecule has 0 N–H and O–H groups in total. The predicted octanol–water partition coefficient (Wildman–Crippen LogP) is 11.4. The van der Waals surface area contributed by atoms with Gasteiger partial charge < -0.3 is 0 Å². The van der Waals surface area contributed by atoms with Gasteiger partial charge in [0.25, 0.3) is 0 Å². The molecule has 0 saturated carbocycles. The topological polar surface area (TPSA) is 0 Å². The Labute approximate surface area is 231 Å². The first-order chi connectivity index (χ1) is 19.3. The van der Waals surface area contributed by atoms with Gasteiger partial charge in [0, 0.05) is 20.2 Å². The zero-order chi connectivity index (χ0) is 25.8. The first-order valence-electron chi connectivity index (χ1n) is 13.4. The van der Waals surface area contributed by atoms with Gasteiger partial charge in [0.05, 0.1) is 0 Å². The Hall–Kier alpha value is -4.72. The normalized spacial score (nSPS) is 11.6. The molecule has 0 radical (unpaired) electrons. The summed E-state index contributed by atoms with van der Waals surface area (Å²) < 4.78 is 2.69. The summed E-state index contributed by atoms with van der Waals surface area (Å²) in [4.78, 5) is 0. The van der Waals surface area contributed by atoms with Gasteiger partial charge in [0.1, 0.15) is 0 Å². The Morgan fingerprint density at radius 2 is 0.897 bits per heavy atom. The molecule has 0 nitrogen and oxygen atoms in total. The number of fused-ring (bicyclic) bond motifs is 6.